The van der Waals surface area contributed by atoms with Crippen LogP contribution in [0.1, 0.15) is 76.7 Å². The van der Waals surface area contributed by atoms with Crippen molar-refractivity contribution in [2.75, 3.05) is 0 Å². The molecule has 1 aliphatic rings. The summed E-state index contributed by atoms with van der Waals surface area (Å²) < 4.78 is 66.2. The molecule has 1 fully saturated rings. The minimum atomic E-state index is -5.72. The first-order valence-electron chi connectivity index (χ1n) is 10.4. The van der Waals surface area contributed by atoms with Crippen LogP contribution in [0.4, 0.5) is 22.0 Å². The van der Waals surface area contributed by atoms with E-state index < -0.39 is 18.0 Å². The smallest absolute Gasteiger partial charge is 0.426 e. The highest BCUT2D eigenvalue weighted by Crippen LogP contribution is 2.37. The Balaban J connectivity index is 1.70. The lowest BCUT2D eigenvalue weighted by atomic mass is 9.78. The van der Waals surface area contributed by atoms with Crippen LogP contribution in [0.25, 0.3) is 0 Å². The minimum absolute atomic E-state index is 0.477. The van der Waals surface area contributed by atoms with Crippen molar-refractivity contribution in [2.45, 2.75) is 89.8 Å². The summed E-state index contributed by atoms with van der Waals surface area (Å²) in [5.74, 6) is 1.06. The van der Waals surface area contributed by atoms with Gasteiger partial charge in [-0.3, -0.25) is 0 Å². The number of hydrogen-bond donors (Lipinski definition) is 0. The molecule has 6 heteroatoms. The molecule has 0 amide bonds. The van der Waals surface area contributed by atoms with E-state index in [-0.39, 0.29) is 0 Å². The lowest BCUT2D eigenvalue weighted by molar-refractivity contribution is -0.360. The van der Waals surface area contributed by atoms with E-state index in [1.54, 1.807) is 12.1 Å². The van der Waals surface area contributed by atoms with E-state index in [1.165, 1.54) is 69.9 Å². The summed E-state index contributed by atoms with van der Waals surface area (Å²) in [6.07, 6.45) is 2.60. The predicted molar refractivity (Wildman–Crippen MR) is 101 cm³/mol. The van der Waals surface area contributed by atoms with Gasteiger partial charge in [0.25, 0.3) is 0 Å². The Morgan fingerprint density at radius 2 is 1.39 bits per heavy atom. The zero-order valence-electron chi connectivity index (χ0n) is 16.5. The van der Waals surface area contributed by atoms with Crippen molar-refractivity contribution >= 4 is 0 Å². The summed E-state index contributed by atoms with van der Waals surface area (Å²) in [6.45, 7) is 2.23. The fraction of sp³-hybridized carbons (Fsp3) is 0.727. The molecular formula is C22H31F5O. The summed E-state index contributed by atoms with van der Waals surface area (Å²) in [5.41, 5.74) is 0.935. The number of alkyl halides is 5. The molecule has 0 atom stereocenters. The van der Waals surface area contributed by atoms with Crippen LogP contribution in [0, 0.1) is 11.8 Å². The molecule has 0 saturated heterocycles. The Morgan fingerprint density at radius 3 is 1.93 bits per heavy atom. The van der Waals surface area contributed by atoms with Gasteiger partial charge in [-0.25, -0.2) is 0 Å². The molecule has 2 rings (SSSR count). The van der Waals surface area contributed by atoms with Gasteiger partial charge < -0.3 is 4.74 Å². The molecule has 0 unspecified atom stereocenters. The summed E-state index contributed by atoms with van der Waals surface area (Å²) in [4.78, 5) is 0. The van der Waals surface area contributed by atoms with Crippen LogP contribution in [0.15, 0.2) is 24.3 Å². The Labute approximate surface area is 164 Å². The SMILES string of the molecule is CCCCCCC1CCC(CCc2ccc(OC(F)(F)C(F)(F)F)cc2)CC1. The highest BCUT2D eigenvalue weighted by Gasteiger charge is 2.61. The molecule has 1 aliphatic carbocycles. The molecule has 0 spiro atoms. The molecule has 1 nitrogen and oxygen atoms in total. The minimum Gasteiger partial charge on any atom is -0.426 e. The lowest BCUT2D eigenvalue weighted by Gasteiger charge is -2.28. The van der Waals surface area contributed by atoms with Crippen molar-refractivity contribution < 1.29 is 26.7 Å². The average molecular weight is 406 g/mol. The van der Waals surface area contributed by atoms with E-state index in [4.69, 9.17) is 0 Å². The van der Waals surface area contributed by atoms with Gasteiger partial charge in [-0.15, -0.1) is 0 Å². The maximum absolute atomic E-state index is 12.9. The maximum atomic E-state index is 12.9. The topological polar surface area (TPSA) is 9.23 Å². The Bertz CT molecular complexity index is 559. The highest BCUT2D eigenvalue weighted by molar-refractivity contribution is 5.27. The standard InChI is InChI=1S/C22H31F5O/c1-2-3-4-5-6-17-7-9-18(10-8-17)11-12-19-13-15-20(16-14-19)28-22(26,27)21(23,24)25/h13-18H,2-12H2,1H3. The fourth-order valence-corrected chi connectivity index (χ4v) is 3.97. The van der Waals surface area contributed by atoms with E-state index in [0.717, 1.165) is 24.3 Å². The fourth-order valence-electron chi connectivity index (χ4n) is 3.97. The molecule has 0 aromatic heterocycles. The summed E-state index contributed by atoms with van der Waals surface area (Å²) in [7, 11) is 0. The van der Waals surface area contributed by atoms with Gasteiger partial charge in [0.15, 0.2) is 0 Å². The molecule has 28 heavy (non-hydrogen) atoms. The van der Waals surface area contributed by atoms with Crippen molar-refractivity contribution in [3.05, 3.63) is 29.8 Å². The third-order valence-corrected chi connectivity index (χ3v) is 5.77. The molecular weight excluding hydrogens is 375 g/mol. The number of hydrogen-bond acceptors (Lipinski definition) is 1. The second-order valence-corrected chi connectivity index (χ2v) is 8.04. The van der Waals surface area contributed by atoms with Crippen LogP contribution in [0.5, 0.6) is 5.75 Å². The Morgan fingerprint density at radius 1 is 0.821 bits per heavy atom. The van der Waals surface area contributed by atoms with E-state index >= 15 is 0 Å². The van der Waals surface area contributed by atoms with E-state index in [1.807, 2.05) is 0 Å². The second kappa shape index (κ2) is 10.4. The van der Waals surface area contributed by atoms with Gasteiger partial charge >= 0.3 is 12.3 Å². The van der Waals surface area contributed by atoms with Gasteiger partial charge in [0.1, 0.15) is 5.75 Å². The number of aryl methyl sites for hydroxylation is 1. The first-order chi connectivity index (χ1) is 13.2. The van der Waals surface area contributed by atoms with E-state index in [9.17, 15) is 22.0 Å². The Kier molecular flexibility index (Phi) is 8.56. The van der Waals surface area contributed by atoms with Crippen molar-refractivity contribution in [1.29, 1.82) is 0 Å². The van der Waals surface area contributed by atoms with Gasteiger partial charge in [-0.2, -0.15) is 22.0 Å². The molecule has 0 heterocycles. The van der Waals surface area contributed by atoms with Crippen molar-refractivity contribution in [2.24, 2.45) is 11.8 Å². The van der Waals surface area contributed by atoms with Crippen LogP contribution in [-0.2, 0) is 6.42 Å². The molecule has 1 aromatic rings. The van der Waals surface area contributed by atoms with E-state index in [0.29, 0.717) is 5.92 Å². The number of halogens is 5. The zero-order chi connectivity index (χ0) is 20.6. The van der Waals surface area contributed by atoms with Crippen LogP contribution in [0.2, 0.25) is 0 Å². The Hall–Kier alpha value is -1.33. The maximum Gasteiger partial charge on any atom is 0.499 e. The number of rotatable bonds is 10. The zero-order valence-corrected chi connectivity index (χ0v) is 16.5. The molecule has 0 radical (unpaired) electrons. The molecule has 1 aromatic carbocycles. The van der Waals surface area contributed by atoms with Crippen molar-refractivity contribution in [3.63, 3.8) is 0 Å². The third-order valence-electron chi connectivity index (χ3n) is 5.77. The van der Waals surface area contributed by atoms with E-state index in [2.05, 4.69) is 11.7 Å². The second-order valence-electron chi connectivity index (χ2n) is 8.04. The monoisotopic (exact) mass is 406 g/mol. The third kappa shape index (κ3) is 7.25. The molecule has 160 valence electrons. The molecule has 0 bridgehead atoms. The number of benzene rings is 1. The molecule has 1 saturated carbocycles. The van der Waals surface area contributed by atoms with Crippen LogP contribution in [-0.4, -0.2) is 12.3 Å². The van der Waals surface area contributed by atoms with Crippen LogP contribution >= 0.6 is 0 Å². The number of unbranched alkanes of at least 4 members (excludes halogenated alkanes) is 3. The van der Waals surface area contributed by atoms with Gasteiger partial charge in [-0.05, 0) is 42.4 Å². The predicted octanol–water partition coefficient (Wildman–Crippen LogP) is 7.93. The molecule has 0 aliphatic heterocycles. The highest BCUT2D eigenvalue weighted by atomic mass is 19.4. The largest absolute Gasteiger partial charge is 0.499 e. The van der Waals surface area contributed by atoms with Crippen LogP contribution < -0.4 is 4.74 Å². The van der Waals surface area contributed by atoms with Gasteiger partial charge in [0, 0.05) is 0 Å². The summed E-state index contributed by atoms with van der Waals surface area (Å²) in [5, 5.41) is 0. The summed E-state index contributed by atoms with van der Waals surface area (Å²) >= 11 is 0. The summed E-state index contributed by atoms with van der Waals surface area (Å²) in [6, 6.07) is 5.51. The average Bonchev–Trinajstić information content (AvgIpc) is 2.64. The van der Waals surface area contributed by atoms with Crippen LogP contribution in [0.3, 0.4) is 0 Å². The lowest BCUT2D eigenvalue weighted by Crippen LogP contribution is -2.41. The van der Waals surface area contributed by atoms with Gasteiger partial charge in [-0.1, -0.05) is 76.8 Å². The normalized spacial score (nSPS) is 20.9. The van der Waals surface area contributed by atoms with Crippen molar-refractivity contribution in [3.8, 4) is 5.75 Å². The van der Waals surface area contributed by atoms with Crippen molar-refractivity contribution in [1.82, 2.24) is 0 Å². The molecule has 0 N–H and O–H groups in total. The number of ether oxygens (including phenoxy) is 1. The quantitative estimate of drug-likeness (QED) is 0.283. The van der Waals surface area contributed by atoms with Gasteiger partial charge in [0.05, 0.1) is 0 Å². The first kappa shape index (κ1) is 23.0. The van der Waals surface area contributed by atoms with Gasteiger partial charge in [0.2, 0.25) is 0 Å². The first-order valence-corrected chi connectivity index (χ1v) is 10.4.